The van der Waals surface area contributed by atoms with E-state index in [-0.39, 0.29) is 35.5 Å². The molecule has 2 saturated heterocycles. The smallest absolute Gasteiger partial charge is 0.326 e. The fourth-order valence-corrected chi connectivity index (χ4v) is 5.85. The van der Waals surface area contributed by atoms with E-state index in [1.807, 2.05) is 12.1 Å². The number of hydrogen-bond donors (Lipinski definition) is 1. The molecule has 0 unspecified atom stereocenters. The molecule has 2 heterocycles. The Morgan fingerprint density at radius 2 is 1.64 bits per heavy atom. The maximum atomic E-state index is 12.8. The molecule has 7 atom stereocenters. The highest BCUT2D eigenvalue weighted by Gasteiger charge is 2.76. The molecule has 5 rings (SSSR count). The zero-order chi connectivity index (χ0) is 17.6. The van der Waals surface area contributed by atoms with Gasteiger partial charge in [0, 0.05) is 10.2 Å². The van der Waals surface area contributed by atoms with Crippen LogP contribution in [-0.4, -0.2) is 45.9 Å². The fraction of sp³-hybridized carbons (Fsp3) is 0.500. The summed E-state index contributed by atoms with van der Waals surface area (Å²) >= 11 is 3.44. The van der Waals surface area contributed by atoms with Crippen molar-refractivity contribution in [2.24, 2.45) is 23.7 Å². The molecule has 2 saturated carbocycles. The summed E-state index contributed by atoms with van der Waals surface area (Å²) in [5.74, 6) is -2.04. The minimum atomic E-state index is -1.13. The number of fused-ring (bicyclic) bond motifs is 8. The molecule has 7 heteroatoms. The Hall–Kier alpha value is -1.89. The second-order valence-electron chi connectivity index (χ2n) is 7.54. The fourth-order valence-electron chi connectivity index (χ4n) is 5.58. The van der Waals surface area contributed by atoms with Crippen LogP contribution >= 0.6 is 15.9 Å². The highest BCUT2D eigenvalue weighted by molar-refractivity contribution is 9.10. The van der Waals surface area contributed by atoms with Crippen LogP contribution in [0.5, 0.6) is 0 Å². The molecule has 4 fully saturated rings. The number of imide groups is 1. The number of piperidine rings is 1. The van der Waals surface area contributed by atoms with Crippen molar-refractivity contribution in [3.8, 4) is 0 Å². The summed E-state index contributed by atoms with van der Waals surface area (Å²) in [4.78, 5) is 40.2. The van der Waals surface area contributed by atoms with Crippen molar-refractivity contribution in [3.63, 3.8) is 0 Å². The number of rotatable bonds is 3. The van der Waals surface area contributed by atoms with E-state index in [4.69, 9.17) is 0 Å². The van der Waals surface area contributed by atoms with E-state index in [0.29, 0.717) is 12.1 Å². The monoisotopic (exact) mass is 404 g/mol. The van der Waals surface area contributed by atoms with Crippen molar-refractivity contribution in [2.75, 3.05) is 4.90 Å². The molecular formula is C18H17BrN2O4. The second kappa shape index (κ2) is 4.84. The molecule has 0 radical (unpaired) electrons. The molecular weight excluding hydrogens is 388 g/mol. The number of carboxylic acid groups (broad SMARTS) is 1. The maximum absolute atomic E-state index is 12.8. The molecule has 2 aliphatic carbocycles. The van der Waals surface area contributed by atoms with Gasteiger partial charge in [-0.25, -0.2) is 4.79 Å². The zero-order valence-electron chi connectivity index (χ0n) is 13.5. The van der Waals surface area contributed by atoms with Crippen molar-refractivity contribution in [3.05, 3.63) is 28.7 Å². The van der Waals surface area contributed by atoms with Crippen LogP contribution < -0.4 is 4.90 Å². The first-order valence-electron chi connectivity index (χ1n) is 8.55. The van der Waals surface area contributed by atoms with Gasteiger partial charge in [0.25, 0.3) is 0 Å². The normalized spacial score (nSPS) is 38.8. The standard InChI is InChI=1S/C18H17BrN2O4/c1-7(18(24)25)20-16(22)12-10-6-11(13(12)17(20)23)15-14(10)21(15)9-4-2-8(19)3-5-9/h2-5,7,10-15H,6H2,1H3,(H,24,25)/t7-,10-,11+,12-,13+,14+,15+,21?/m1/s1. The van der Waals surface area contributed by atoms with Gasteiger partial charge in [-0.1, -0.05) is 15.9 Å². The molecule has 2 bridgehead atoms. The van der Waals surface area contributed by atoms with Gasteiger partial charge in [-0.15, -0.1) is 0 Å². The number of carbonyl (C=O) groups excluding carboxylic acids is 2. The van der Waals surface area contributed by atoms with Gasteiger partial charge in [-0.05, 0) is 49.4 Å². The molecule has 1 aromatic rings. The largest absolute Gasteiger partial charge is 0.480 e. The van der Waals surface area contributed by atoms with Crippen LogP contribution in [0.25, 0.3) is 0 Å². The van der Waals surface area contributed by atoms with Crippen LogP contribution in [-0.2, 0) is 14.4 Å². The van der Waals surface area contributed by atoms with Gasteiger partial charge < -0.3 is 10.0 Å². The van der Waals surface area contributed by atoms with E-state index >= 15 is 0 Å². The lowest BCUT2D eigenvalue weighted by Gasteiger charge is -2.23. The number of benzene rings is 1. The minimum Gasteiger partial charge on any atom is -0.480 e. The summed E-state index contributed by atoms with van der Waals surface area (Å²) in [6.07, 6.45) is 0.907. The first-order chi connectivity index (χ1) is 11.9. The molecule has 6 nitrogen and oxygen atoms in total. The third-order valence-corrected chi connectivity index (χ3v) is 7.08. The lowest BCUT2D eigenvalue weighted by molar-refractivity contribution is -0.154. The van der Waals surface area contributed by atoms with Gasteiger partial charge in [0.05, 0.1) is 23.9 Å². The van der Waals surface area contributed by atoms with Gasteiger partial charge in [0.1, 0.15) is 6.04 Å². The summed E-state index contributed by atoms with van der Waals surface area (Å²) < 4.78 is 1.02. The molecule has 1 N–H and O–H groups in total. The van der Waals surface area contributed by atoms with Crippen molar-refractivity contribution < 1.29 is 19.5 Å². The average molecular weight is 405 g/mol. The Morgan fingerprint density at radius 1 is 1.12 bits per heavy atom. The molecule has 4 aliphatic rings. The van der Waals surface area contributed by atoms with E-state index in [2.05, 4.69) is 33.0 Å². The summed E-state index contributed by atoms with van der Waals surface area (Å²) in [5, 5.41) is 9.20. The minimum absolute atomic E-state index is 0.158. The zero-order valence-corrected chi connectivity index (χ0v) is 15.1. The lowest BCUT2D eigenvalue weighted by atomic mass is 9.81. The molecule has 1 aromatic carbocycles. The number of halogens is 1. The van der Waals surface area contributed by atoms with Crippen molar-refractivity contribution in [1.29, 1.82) is 0 Å². The topological polar surface area (TPSA) is 77.7 Å². The summed E-state index contributed by atoms with van der Waals surface area (Å²) in [5.41, 5.74) is 1.13. The second-order valence-corrected chi connectivity index (χ2v) is 8.46. The Bertz CT molecular complexity index is 776. The SMILES string of the molecule is C[C@H](C(=O)O)N1C(=O)[C@@H]2[C@H]3C[C@@H]([C@@H]2C1=O)[C@H]1[C@H]3N1c1ccc(Br)cc1. The van der Waals surface area contributed by atoms with E-state index in [9.17, 15) is 19.5 Å². The van der Waals surface area contributed by atoms with E-state index < -0.39 is 12.0 Å². The number of nitrogens with zero attached hydrogens (tertiary/aromatic N) is 2. The van der Waals surface area contributed by atoms with Crippen molar-refractivity contribution in [2.45, 2.75) is 31.5 Å². The molecule has 2 amide bonds. The van der Waals surface area contributed by atoms with Crippen LogP contribution in [0.1, 0.15) is 13.3 Å². The number of carbonyl (C=O) groups is 3. The van der Waals surface area contributed by atoms with Crippen LogP contribution in [0.2, 0.25) is 0 Å². The third-order valence-electron chi connectivity index (χ3n) is 6.55. The van der Waals surface area contributed by atoms with Gasteiger partial charge in [0.15, 0.2) is 0 Å². The highest BCUT2D eigenvalue weighted by atomic mass is 79.9. The summed E-state index contributed by atoms with van der Waals surface area (Å²) in [6.45, 7) is 1.41. The van der Waals surface area contributed by atoms with Gasteiger partial charge in [0.2, 0.25) is 11.8 Å². The van der Waals surface area contributed by atoms with Crippen molar-refractivity contribution >= 4 is 39.4 Å². The van der Waals surface area contributed by atoms with E-state index in [0.717, 1.165) is 21.5 Å². The quantitative estimate of drug-likeness (QED) is 0.612. The molecule has 0 aromatic heterocycles. The Kier molecular flexibility index (Phi) is 2.98. The van der Waals surface area contributed by atoms with E-state index in [1.54, 1.807) is 0 Å². The predicted molar refractivity (Wildman–Crippen MR) is 91.7 cm³/mol. The number of likely N-dealkylation sites (tertiary alicyclic amines) is 1. The number of carboxylic acids is 1. The molecule has 25 heavy (non-hydrogen) atoms. The van der Waals surface area contributed by atoms with Crippen LogP contribution in [0, 0.1) is 23.7 Å². The van der Waals surface area contributed by atoms with Crippen LogP contribution in [0.15, 0.2) is 28.7 Å². The first kappa shape index (κ1) is 15.4. The Morgan fingerprint density at radius 3 is 2.12 bits per heavy atom. The van der Waals surface area contributed by atoms with Gasteiger partial charge in [-0.2, -0.15) is 0 Å². The maximum Gasteiger partial charge on any atom is 0.326 e. The van der Waals surface area contributed by atoms with E-state index in [1.165, 1.54) is 6.92 Å². The van der Waals surface area contributed by atoms with Gasteiger partial charge in [-0.3, -0.25) is 14.5 Å². The average Bonchev–Trinajstić information content (AvgIpc) is 2.91. The van der Waals surface area contributed by atoms with Crippen LogP contribution in [0.3, 0.4) is 0 Å². The number of anilines is 1. The molecule has 130 valence electrons. The summed E-state index contributed by atoms with van der Waals surface area (Å²) in [6, 6.07) is 7.65. The molecule has 2 aliphatic heterocycles. The summed E-state index contributed by atoms with van der Waals surface area (Å²) in [7, 11) is 0. The number of hydrogen-bond acceptors (Lipinski definition) is 4. The van der Waals surface area contributed by atoms with Crippen molar-refractivity contribution in [1.82, 2.24) is 4.90 Å². The Labute approximate surface area is 152 Å². The van der Waals surface area contributed by atoms with Crippen LogP contribution in [0.4, 0.5) is 5.69 Å². The van der Waals surface area contributed by atoms with Gasteiger partial charge >= 0.3 is 5.97 Å². The Balaban J connectivity index is 1.44. The predicted octanol–water partition coefficient (Wildman–Crippen LogP) is 1.73. The molecule has 0 spiro atoms. The number of aliphatic carboxylic acids is 1. The third kappa shape index (κ3) is 1.82. The highest BCUT2D eigenvalue weighted by Crippen LogP contribution is 2.66. The number of amides is 2. The lowest BCUT2D eigenvalue weighted by Crippen LogP contribution is -2.44. The first-order valence-corrected chi connectivity index (χ1v) is 9.34.